The summed E-state index contributed by atoms with van der Waals surface area (Å²) >= 11 is 0. The lowest BCUT2D eigenvalue weighted by atomic mass is 10.0. The van der Waals surface area contributed by atoms with Crippen LogP contribution in [0.2, 0.25) is 0 Å². The van der Waals surface area contributed by atoms with Crippen LogP contribution in [0.5, 0.6) is 5.75 Å². The standard InChI is InChI=1S/C26H27N5O3S/c1-15(2)34-23-10-7-16(11-17(23)12-27)24-29-30-25(35(24)3)21-6-4-5-20-19(21)8-9-22(20)28-26(33)31-13-18(32)14-31/h4-7,10-11,15,18,22,32H,3,8-9,13-14H2,1-2H3,(H,28,33)/t22-,35?/m0/s1. The number of urea groups is 1. The molecule has 2 N–H and O–H groups in total. The van der Waals surface area contributed by atoms with Crippen LogP contribution in [0.4, 0.5) is 4.79 Å². The number of nitrogens with one attached hydrogen (secondary N) is 1. The van der Waals surface area contributed by atoms with E-state index < -0.39 is 16.6 Å². The Kier molecular flexibility index (Phi) is 6.17. The van der Waals surface area contributed by atoms with Crippen molar-refractivity contribution in [3.05, 3.63) is 64.2 Å². The third kappa shape index (κ3) is 4.35. The smallest absolute Gasteiger partial charge is 0.318 e. The molecule has 1 fully saturated rings. The Bertz CT molecular complexity index is 1320. The Hall–Kier alpha value is -3.48. The van der Waals surface area contributed by atoms with E-state index in [0.717, 1.165) is 45.2 Å². The Labute approximate surface area is 206 Å². The van der Waals surface area contributed by atoms with Gasteiger partial charge in [0.25, 0.3) is 0 Å². The van der Waals surface area contributed by atoms with E-state index in [1.807, 2.05) is 38.1 Å². The van der Waals surface area contributed by atoms with Gasteiger partial charge in [-0.2, -0.15) is 5.26 Å². The molecule has 1 saturated heterocycles. The molecule has 2 aromatic carbocycles. The second kappa shape index (κ2) is 9.29. The average Bonchev–Trinajstić information content (AvgIpc) is 3.40. The van der Waals surface area contributed by atoms with Crippen molar-refractivity contribution in [1.82, 2.24) is 10.2 Å². The topological polar surface area (TPSA) is 110 Å². The van der Waals surface area contributed by atoms with Crippen LogP contribution in [0.15, 0.2) is 46.6 Å². The van der Waals surface area contributed by atoms with Crippen molar-refractivity contribution in [3.63, 3.8) is 0 Å². The summed E-state index contributed by atoms with van der Waals surface area (Å²) in [6.07, 6.45) is 1.18. The molecule has 0 bridgehead atoms. The van der Waals surface area contributed by atoms with Gasteiger partial charge in [0, 0.05) is 11.1 Å². The van der Waals surface area contributed by atoms with Gasteiger partial charge in [-0.05, 0) is 56.0 Å². The first-order chi connectivity index (χ1) is 16.9. The molecule has 180 valence electrons. The van der Waals surface area contributed by atoms with Crippen molar-refractivity contribution in [2.45, 2.75) is 44.9 Å². The van der Waals surface area contributed by atoms with E-state index in [9.17, 15) is 15.2 Å². The number of aliphatic hydroxyl groups excluding tert-OH is 1. The molecule has 1 aliphatic carbocycles. The molecule has 2 heterocycles. The number of amides is 2. The molecule has 0 saturated carbocycles. The fraction of sp³-hybridized carbons (Fsp3) is 0.346. The quantitative estimate of drug-likeness (QED) is 0.626. The average molecular weight is 490 g/mol. The Morgan fingerprint density at radius 1 is 1.29 bits per heavy atom. The van der Waals surface area contributed by atoms with Gasteiger partial charge >= 0.3 is 6.03 Å². The zero-order valence-electron chi connectivity index (χ0n) is 19.7. The maximum Gasteiger partial charge on any atom is 0.318 e. The highest BCUT2D eigenvalue weighted by Gasteiger charge is 2.33. The van der Waals surface area contributed by atoms with Gasteiger partial charge in [0.05, 0.1) is 36.9 Å². The van der Waals surface area contributed by atoms with Crippen LogP contribution >= 0.6 is 10.5 Å². The molecule has 35 heavy (non-hydrogen) atoms. The number of nitrogens with zero attached hydrogens (tertiary/aromatic N) is 4. The molecule has 2 amide bonds. The number of likely N-dealkylation sites (tertiary alicyclic amines) is 1. The van der Waals surface area contributed by atoms with Crippen LogP contribution < -0.4 is 10.1 Å². The number of benzene rings is 2. The maximum atomic E-state index is 12.5. The Morgan fingerprint density at radius 2 is 2.06 bits per heavy atom. The number of hydrogen-bond donors (Lipinski definition) is 2. The molecule has 2 atom stereocenters. The third-order valence-electron chi connectivity index (χ3n) is 6.36. The fourth-order valence-corrected chi connectivity index (χ4v) is 5.97. The summed E-state index contributed by atoms with van der Waals surface area (Å²) < 4.78 is 5.74. The highest BCUT2D eigenvalue weighted by atomic mass is 32.2. The summed E-state index contributed by atoms with van der Waals surface area (Å²) in [5.74, 6) is 4.93. The Morgan fingerprint density at radius 3 is 2.77 bits per heavy atom. The lowest BCUT2D eigenvalue weighted by Crippen LogP contribution is -2.57. The van der Waals surface area contributed by atoms with Gasteiger partial charge in [0.15, 0.2) is 0 Å². The van der Waals surface area contributed by atoms with Gasteiger partial charge in [-0.1, -0.05) is 34.6 Å². The number of β-amino-alcohol motifs (C(OH)–C–C–N with tert-alkyl or cyclic N) is 1. The summed E-state index contributed by atoms with van der Waals surface area (Å²) in [7, 11) is -0.620. The highest BCUT2D eigenvalue weighted by molar-refractivity contribution is 8.39. The van der Waals surface area contributed by atoms with Crippen LogP contribution in [0.25, 0.3) is 0 Å². The first-order valence-corrected chi connectivity index (χ1v) is 13.0. The van der Waals surface area contributed by atoms with E-state index >= 15 is 0 Å². The number of carbonyl (C=O) groups is 1. The lowest BCUT2D eigenvalue weighted by molar-refractivity contribution is 0.0257. The summed E-state index contributed by atoms with van der Waals surface area (Å²) in [6, 6.07) is 13.5. The number of ether oxygens (including phenoxy) is 1. The summed E-state index contributed by atoms with van der Waals surface area (Å²) in [5, 5.41) is 32.7. The van der Waals surface area contributed by atoms with E-state index in [1.54, 1.807) is 17.0 Å². The first kappa shape index (κ1) is 23.3. The van der Waals surface area contributed by atoms with Gasteiger partial charge in [0.1, 0.15) is 21.9 Å². The second-order valence-corrected chi connectivity index (χ2v) is 10.7. The predicted molar refractivity (Wildman–Crippen MR) is 138 cm³/mol. The largest absolute Gasteiger partial charge is 0.490 e. The van der Waals surface area contributed by atoms with Crippen molar-refractivity contribution >= 4 is 32.5 Å². The number of nitriles is 1. The molecular formula is C26H27N5O3S. The molecule has 0 spiro atoms. The number of carbonyl (C=O) groups excluding carboxylic acids is 1. The van der Waals surface area contributed by atoms with Crippen LogP contribution in [0, 0.1) is 11.3 Å². The minimum Gasteiger partial charge on any atom is -0.490 e. The normalized spacial score (nSPS) is 21.2. The molecule has 0 aromatic heterocycles. The van der Waals surface area contributed by atoms with Gasteiger partial charge in [-0.3, -0.25) is 0 Å². The van der Waals surface area contributed by atoms with Gasteiger partial charge in [-0.15, -0.1) is 10.2 Å². The molecule has 0 radical (unpaired) electrons. The van der Waals surface area contributed by atoms with E-state index in [4.69, 9.17) is 4.74 Å². The third-order valence-corrected chi connectivity index (χ3v) is 7.91. The monoisotopic (exact) mass is 489 g/mol. The van der Waals surface area contributed by atoms with Crippen molar-refractivity contribution in [3.8, 4) is 11.8 Å². The predicted octanol–water partition coefficient (Wildman–Crippen LogP) is 3.54. The van der Waals surface area contributed by atoms with Crippen molar-refractivity contribution in [1.29, 1.82) is 5.26 Å². The fourth-order valence-electron chi connectivity index (χ4n) is 4.64. The summed E-state index contributed by atoms with van der Waals surface area (Å²) in [5.41, 5.74) is 4.53. The van der Waals surface area contributed by atoms with Crippen LogP contribution in [-0.4, -0.2) is 57.3 Å². The van der Waals surface area contributed by atoms with Crippen molar-refractivity contribution in [2.75, 3.05) is 13.1 Å². The molecule has 2 aromatic rings. The number of fused-ring (bicyclic) bond motifs is 1. The molecular weight excluding hydrogens is 462 g/mol. The molecule has 1 unspecified atom stereocenters. The van der Waals surface area contributed by atoms with Crippen LogP contribution in [-0.2, 0) is 6.42 Å². The van der Waals surface area contributed by atoms with E-state index in [-0.39, 0.29) is 18.2 Å². The van der Waals surface area contributed by atoms with Gasteiger partial charge < -0.3 is 20.1 Å². The zero-order valence-corrected chi connectivity index (χ0v) is 20.5. The van der Waals surface area contributed by atoms with Gasteiger partial charge in [0.2, 0.25) is 0 Å². The lowest BCUT2D eigenvalue weighted by Gasteiger charge is -2.36. The van der Waals surface area contributed by atoms with Gasteiger partial charge in [-0.25, -0.2) is 4.79 Å². The zero-order chi connectivity index (χ0) is 24.7. The minimum absolute atomic E-state index is 0.0274. The maximum absolute atomic E-state index is 12.5. The highest BCUT2D eigenvalue weighted by Crippen LogP contribution is 2.39. The molecule has 2 aliphatic heterocycles. The van der Waals surface area contributed by atoms with Crippen LogP contribution in [0.3, 0.4) is 0 Å². The SMILES string of the molecule is C=S1C(c2ccc(OC(C)C)c(C#N)c2)=NN=C1c1cccc2c1CC[C@@H]2NC(=O)N1CC(O)C1. The molecule has 5 rings (SSSR count). The number of aliphatic hydroxyl groups is 1. The first-order valence-electron chi connectivity index (χ1n) is 11.6. The van der Waals surface area contributed by atoms with Crippen molar-refractivity contribution < 1.29 is 14.6 Å². The molecule has 8 nitrogen and oxygen atoms in total. The minimum atomic E-state index is -0.620. The summed E-state index contributed by atoms with van der Waals surface area (Å²) in [4.78, 5) is 14.1. The number of rotatable bonds is 5. The number of hydrogen-bond acceptors (Lipinski definition) is 6. The Balaban J connectivity index is 1.35. The van der Waals surface area contributed by atoms with Crippen LogP contribution in [0.1, 0.15) is 54.1 Å². The second-order valence-electron chi connectivity index (χ2n) is 9.16. The van der Waals surface area contributed by atoms with E-state index in [0.29, 0.717) is 24.4 Å². The van der Waals surface area contributed by atoms with E-state index in [2.05, 4.69) is 27.5 Å². The van der Waals surface area contributed by atoms with E-state index in [1.165, 1.54) is 0 Å². The molecule has 9 heteroatoms. The van der Waals surface area contributed by atoms with Crippen molar-refractivity contribution in [2.24, 2.45) is 10.2 Å². The summed E-state index contributed by atoms with van der Waals surface area (Å²) in [6.45, 7) is 4.61. The molecule has 3 aliphatic rings.